The van der Waals surface area contributed by atoms with Crippen LogP contribution in [0, 0.1) is 0 Å². The van der Waals surface area contributed by atoms with Crippen molar-refractivity contribution in [2.75, 3.05) is 13.3 Å². The molecular formula is C7H14N2O3S. The summed E-state index contributed by atoms with van der Waals surface area (Å²) < 4.78 is 10.5. The van der Waals surface area contributed by atoms with Gasteiger partial charge in [0.15, 0.2) is 0 Å². The number of nitrogens with zero attached hydrogens (tertiary/aromatic N) is 1. The van der Waals surface area contributed by atoms with Crippen LogP contribution in [0.4, 0.5) is 4.79 Å². The molecule has 1 N–H and O–H groups in total. The predicted octanol–water partition coefficient (Wildman–Crippen LogP) is 0.485. The molecule has 0 aliphatic carbocycles. The molecule has 0 aromatic rings. The van der Waals surface area contributed by atoms with Crippen molar-refractivity contribution in [2.24, 2.45) is 5.16 Å². The van der Waals surface area contributed by atoms with E-state index in [-0.39, 0.29) is 0 Å². The van der Waals surface area contributed by atoms with Crippen LogP contribution in [0.5, 0.6) is 0 Å². The Hall–Kier alpha value is -0.910. The first kappa shape index (κ1) is 12.1. The monoisotopic (exact) mass is 209 g/mol. The first-order chi connectivity index (χ1) is 5.90. The van der Waals surface area contributed by atoms with Gasteiger partial charge in [0.1, 0.15) is 0 Å². The Morgan fingerprint density at radius 3 is 2.54 bits per heavy atom. The number of carbonyl (C=O) groups is 1. The van der Waals surface area contributed by atoms with E-state index in [2.05, 4.69) is 15.3 Å². The van der Waals surface area contributed by atoms with E-state index < -0.39 is 21.6 Å². The Bertz CT molecular complexity index is 238. The van der Waals surface area contributed by atoms with Crippen molar-refractivity contribution in [3.63, 3.8) is 0 Å². The molecule has 0 fully saturated rings. The van der Waals surface area contributed by atoms with Crippen LogP contribution in [-0.2, 0) is 15.6 Å². The quantitative estimate of drug-likeness (QED) is 0.318. The topological polar surface area (TPSA) is 67.8 Å². The van der Waals surface area contributed by atoms with E-state index in [0.717, 1.165) is 0 Å². The number of hydrogen-bond donors (Lipinski definition) is 1. The maximum absolute atomic E-state index is 11.1. The molecule has 1 unspecified atom stereocenters. The van der Waals surface area contributed by atoms with E-state index in [9.17, 15) is 9.00 Å². The Morgan fingerprint density at radius 2 is 2.15 bits per heavy atom. The fraction of sp³-hybridized carbons (Fsp3) is 0.714. The van der Waals surface area contributed by atoms with Crippen LogP contribution >= 0.6 is 0 Å². The zero-order valence-electron chi connectivity index (χ0n) is 8.16. The van der Waals surface area contributed by atoms with Crippen molar-refractivity contribution < 1.29 is 13.8 Å². The molecule has 0 aliphatic rings. The van der Waals surface area contributed by atoms with Gasteiger partial charge in [-0.3, -0.25) is 9.05 Å². The van der Waals surface area contributed by atoms with Crippen molar-refractivity contribution in [1.82, 2.24) is 5.32 Å². The lowest BCUT2D eigenvalue weighted by atomic mass is 10.5. The molecule has 0 bridgehead atoms. The lowest BCUT2D eigenvalue weighted by Gasteiger charge is -2.13. The molecule has 0 aromatic heterocycles. The molecular weight excluding hydrogens is 195 g/mol. The highest BCUT2D eigenvalue weighted by Crippen LogP contribution is 2.07. The third-order valence-electron chi connectivity index (χ3n) is 1.44. The molecule has 5 nitrogen and oxygen atoms in total. The summed E-state index contributed by atoms with van der Waals surface area (Å²) in [5.74, 6) is 0. The number of nitrogens with one attached hydrogen (secondary N) is 1. The Morgan fingerprint density at radius 1 is 1.62 bits per heavy atom. The lowest BCUT2D eigenvalue weighted by molar-refractivity contribution is 0.153. The highest BCUT2D eigenvalue weighted by atomic mass is 32.2. The van der Waals surface area contributed by atoms with Gasteiger partial charge in [0, 0.05) is 24.1 Å². The minimum Gasteiger partial charge on any atom is -0.323 e. The van der Waals surface area contributed by atoms with Crippen molar-refractivity contribution in [1.29, 1.82) is 0 Å². The zero-order chi connectivity index (χ0) is 10.5. The fourth-order valence-electron chi connectivity index (χ4n) is 0.321. The molecule has 1 atom stereocenters. The zero-order valence-corrected chi connectivity index (χ0v) is 8.97. The second-order valence-corrected chi connectivity index (χ2v) is 4.88. The average molecular weight is 209 g/mol. The Labute approximate surface area is 80.0 Å². The van der Waals surface area contributed by atoms with Gasteiger partial charge in [0.05, 0.1) is 11.0 Å². The van der Waals surface area contributed by atoms with Gasteiger partial charge in [0.2, 0.25) is 0 Å². The minimum absolute atomic E-state index is 0.589. The first-order valence-corrected chi connectivity index (χ1v) is 5.22. The summed E-state index contributed by atoms with van der Waals surface area (Å²) >= 11 is 0. The van der Waals surface area contributed by atoms with Gasteiger partial charge in [-0.05, 0) is 13.8 Å². The molecule has 1 amide bonds. The van der Waals surface area contributed by atoms with E-state index in [4.69, 9.17) is 0 Å². The summed E-state index contributed by atoms with van der Waals surface area (Å²) in [4.78, 5) is 14.9. The molecule has 0 saturated carbocycles. The summed E-state index contributed by atoms with van der Waals surface area (Å²) in [6.45, 7) is 3.47. The molecule has 13 heavy (non-hydrogen) atoms. The van der Waals surface area contributed by atoms with Gasteiger partial charge in [-0.2, -0.15) is 0 Å². The molecule has 0 spiro atoms. The maximum atomic E-state index is 11.1. The van der Waals surface area contributed by atoms with Crippen molar-refractivity contribution in [3.8, 4) is 0 Å². The number of rotatable bonds is 3. The number of amides is 1. The van der Waals surface area contributed by atoms with Crippen LogP contribution in [0.25, 0.3) is 0 Å². The van der Waals surface area contributed by atoms with Gasteiger partial charge in [-0.25, -0.2) is 4.79 Å². The van der Waals surface area contributed by atoms with Crippen LogP contribution in [0.1, 0.15) is 13.8 Å². The SMILES string of the molecule is CS(=O)C([13CH3])([13CH3])/C=N/OC(=O)N[13CH3]. The summed E-state index contributed by atoms with van der Waals surface area (Å²) in [6.07, 6.45) is 2.26. The van der Waals surface area contributed by atoms with Crippen LogP contribution in [-0.4, -0.2) is 34.6 Å². The summed E-state index contributed by atoms with van der Waals surface area (Å²) in [5, 5.41) is 5.63. The third-order valence-corrected chi connectivity index (χ3v) is 3.03. The highest BCUT2D eigenvalue weighted by molar-refractivity contribution is 7.86. The Kier molecular flexibility index (Phi) is 4.61. The molecule has 0 radical (unpaired) electrons. The largest absolute Gasteiger partial charge is 0.433 e. The molecule has 0 aliphatic heterocycles. The van der Waals surface area contributed by atoms with E-state index in [1.165, 1.54) is 13.3 Å². The maximum Gasteiger partial charge on any atom is 0.433 e. The second-order valence-electron chi connectivity index (χ2n) is 2.92. The van der Waals surface area contributed by atoms with Crippen molar-refractivity contribution >= 4 is 23.1 Å². The van der Waals surface area contributed by atoms with Crippen LogP contribution in [0.3, 0.4) is 0 Å². The molecule has 0 saturated heterocycles. The minimum atomic E-state index is -1.05. The highest BCUT2D eigenvalue weighted by Gasteiger charge is 2.20. The van der Waals surface area contributed by atoms with Gasteiger partial charge >= 0.3 is 6.09 Å². The normalized spacial score (nSPS) is 14.2. The van der Waals surface area contributed by atoms with E-state index in [1.54, 1.807) is 20.1 Å². The van der Waals surface area contributed by atoms with Crippen molar-refractivity contribution in [2.45, 2.75) is 18.6 Å². The molecule has 6 heteroatoms. The van der Waals surface area contributed by atoms with E-state index >= 15 is 0 Å². The third kappa shape index (κ3) is 4.62. The van der Waals surface area contributed by atoms with Crippen LogP contribution < -0.4 is 5.32 Å². The van der Waals surface area contributed by atoms with E-state index in [1.807, 2.05) is 0 Å². The average Bonchev–Trinajstić information content (AvgIpc) is 2.03. The molecule has 0 heterocycles. The predicted molar refractivity (Wildman–Crippen MR) is 52.2 cm³/mol. The van der Waals surface area contributed by atoms with Gasteiger partial charge in [-0.1, -0.05) is 5.16 Å². The lowest BCUT2D eigenvalue weighted by Crippen LogP contribution is -2.28. The molecule has 0 aromatic carbocycles. The number of hydrogen-bond acceptors (Lipinski definition) is 4. The second kappa shape index (κ2) is 4.96. The van der Waals surface area contributed by atoms with Crippen molar-refractivity contribution in [3.05, 3.63) is 0 Å². The van der Waals surface area contributed by atoms with Crippen LogP contribution in [0.15, 0.2) is 5.16 Å². The van der Waals surface area contributed by atoms with E-state index in [0.29, 0.717) is 0 Å². The smallest absolute Gasteiger partial charge is 0.323 e. The van der Waals surface area contributed by atoms with Crippen LogP contribution in [0.2, 0.25) is 0 Å². The molecule has 0 rings (SSSR count). The summed E-state index contributed by atoms with van der Waals surface area (Å²) in [7, 11) is 0.378. The van der Waals surface area contributed by atoms with Gasteiger partial charge in [0.25, 0.3) is 0 Å². The first-order valence-electron chi connectivity index (χ1n) is 3.67. The number of carbonyl (C=O) groups excluding carboxylic acids is 1. The Balaban J connectivity index is 4.12. The standard InChI is InChI=1S/C7H14N2O3S/c1-7(2,13(4)11)5-9-12-6(10)8-3/h5H,1-4H3,(H,8,10)/b9-5+/i1+1,2+1,3+1. The molecule has 76 valence electrons. The van der Waals surface area contributed by atoms with Gasteiger partial charge in [-0.15, -0.1) is 0 Å². The number of oxime groups is 1. The fourth-order valence-corrected chi connectivity index (χ4v) is 0.512. The summed E-state index contributed by atoms with van der Waals surface area (Å²) in [5.41, 5.74) is 0. The van der Waals surface area contributed by atoms with Gasteiger partial charge < -0.3 is 5.32 Å². The summed E-state index contributed by atoms with van der Waals surface area (Å²) in [6, 6.07) is 0.